The quantitative estimate of drug-likeness (QED) is 0.489. The van der Waals surface area contributed by atoms with Gasteiger partial charge in [-0.25, -0.2) is 0 Å². The lowest BCUT2D eigenvalue weighted by atomic mass is 10.1. The molecule has 8 heteroatoms. The Balaban J connectivity index is 1.47. The molecule has 8 nitrogen and oxygen atoms in total. The highest BCUT2D eigenvalue weighted by Gasteiger charge is 2.31. The molecule has 1 aliphatic heterocycles. The highest BCUT2D eigenvalue weighted by atomic mass is 16.5. The molecular formula is C21H17N3O5. The lowest BCUT2D eigenvalue weighted by molar-refractivity contribution is 0.0880. The number of nitrogens with zero attached hydrogens (tertiary/aromatic N) is 1. The van der Waals surface area contributed by atoms with Crippen LogP contribution in [0.15, 0.2) is 65.5 Å². The molecule has 0 unspecified atom stereocenters. The molecule has 0 spiro atoms. The van der Waals surface area contributed by atoms with E-state index in [0.717, 1.165) is 11.8 Å². The van der Waals surface area contributed by atoms with Crippen LogP contribution in [0.3, 0.4) is 0 Å². The molecule has 0 radical (unpaired) electrons. The fourth-order valence-electron chi connectivity index (χ4n) is 3.07. The number of benzene rings is 2. The molecule has 1 aliphatic rings. The number of nitrogen functional groups attached to an aromatic ring is 1. The summed E-state index contributed by atoms with van der Waals surface area (Å²) in [5, 5.41) is 2.14. The summed E-state index contributed by atoms with van der Waals surface area (Å²) in [4.78, 5) is 36.1. The zero-order chi connectivity index (χ0) is 20.4. The van der Waals surface area contributed by atoms with Crippen LogP contribution in [-0.2, 0) is 0 Å². The Labute approximate surface area is 165 Å². The summed E-state index contributed by atoms with van der Waals surface area (Å²) in [6.07, 6.45) is 0. The smallest absolute Gasteiger partial charge is 0.262 e. The topological polar surface area (TPSA) is 113 Å². The van der Waals surface area contributed by atoms with E-state index in [1.165, 1.54) is 4.57 Å². The highest BCUT2D eigenvalue weighted by Crippen LogP contribution is 2.23. The average Bonchev–Trinajstić information content (AvgIpc) is 3.00. The van der Waals surface area contributed by atoms with Gasteiger partial charge in [0.05, 0.1) is 16.8 Å². The average molecular weight is 391 g/mol. The van der Waals surface area contributed by atoms with Gasteiger partial charge in [-0.05, 0) is 36.4 Å². The maximum absolute atomic E-state index is 12.4. The van der Waals surface area contributed by atoms with E-state index < -0.39 is 17.4 Å². The van der Waals surface area contributed by atoms with Crippen molar-refractivity contribution in [3.05, 3.63) is 82.1 Å². The van der Waals surface area contributed by atoms with Gasteiger partial charge in [0.15, 0.2) is 0 Å². The number of carbonyl (C=O) groups excluding carboxylic acids is 2. The number of para-hydroxylation sites is 1. The van der Waals surface area contributed by atoms with E-state index in [2.05, 4.69) is 5.32 Å². The van der Waals surface area contributed by atoms with Crippen LogP contribution in [0.1, 0.15) is 20.7 Å². The van der Waals surface area contributed by atoms with E-state index in [0.29, 0.717) is 24.7 Å². The number of carbonyl (C=O) groups is 2. The third-order valence-electron chi connectivity index (χ3n) is 4.41. The Hall–Kier alpha value is -4.07. The fraction of sp³-hybridized carbons (Fsp3) is 0.0952. The second-order valence-corrected chi connectivity index (χ2v) is 6.28. The minimum absolute atomic E-state index is 0.00730. The number of pyridine rings is 1. The summed E-state index contributed by atoms with van der Waals surface area (Å²) < 4.78 is 12.4. The minimum Gasteiger partial charge on any atom is -0.490 e. The van der Waals surface area contributed by atoms with Crippen LogP contribution in [0, 0.1) is 0 Å². The van der Waals surface area contributed by atoms with Crippen molar-refractivity contribution in [3.8, 4) is 17.2 Å². The monoisotopic (exact) mass is 391 g/mol. The van der Waals surface area contributed by atoms with Crippen LogP contribution in [-0.4, -0.2) is 29.6 Å². The fourth-order valence-corrected chi connectivity index (χ4v) is 3.07. The summed E-state index contributed by atoms with van der Waals surface area (Å²) >= 11 is 0. The highest BCUT2D eigenvalue weighted by molar-refractivity contribution is 6.23. The van der Waals surface area contributed by atoms with Gasteiger partial charge in [0.2, 0.25) is 0 Å². The van der Waals surface area contributed by atoms with Crippen molar-refractivity contribution in [2.75, 3.05) is 18.9 Å². The Morgan fingerprint density at radius 1 is 0.828 bits per heavy atom. The summed E-state index contributed by atoms with van der Waals surface area (Å²) in [5.41, 5.74) is 5.96. The maximum Gasteiger partial charge on any atom is 0.262 e. The second-order valence-electron chi connectivity index (χ2n) is 6.28. The Morgan fingerprint density at radius 3 is 2.10 bits per heavy atom. The molecule has 29 heavy (non-hydrogen) atoms. The van der Waals surface area contributed by atoms with Gasteiger partial charge in [-0.2, -0.15) is 0 Å². The second kappa shape index (κ2) is 7.51. The minimum atomic E-state index is -0.623. The molecule has 1 aromatic heterocycles. The number of amides is 2. The Bertz CT molecular complexity index is 1140. The number of hydrogen-bond acceptors (Lipinski definition) is 6. The van der Waals surface area contributed by atoms with E-state index in [-0.39, 0.29) is 16.9 Å². The molecule has 0 bridgehead atoms. The van der Waals surface area contributed by atoms with Gasteiger partial charge in [-0.3, -0.25) is 24.3 Å². The van der Waals surface area contributed by atoms with Crippen LogP contribution in [0.25, 0.3) is 5.69 Å². The number of nitrogens with two attached hydrogens (primary N) is 1. The van der Waals surface area contributed by atoms with Gasteiger partial charge in [-0.1, -0.05) is 18.2 Å². The number of ether oxygens (including phenoxy) is 2. The van der Waals surface area contributed by atoms with E-state index in [4.69, 9.17) is 15.2 Å². The zero-order valence-corrected chi connectivity index (χ0v) is 15.3. The summed E-state index contributed by atoms with van der Waals surface area (Å²) in [7, 11) is 0. The van der Waals surface area contributed by atoms with Crippen LogP contribution in [0.2, 0.25) is 0 Å². The first-order chi connectivity index (χ1) is 14.0. The van der Waals surface area contributed by atoms with Crippen LogP contribution < -0.4 is 26.1 Å². The Kier molecular flexibility index (Phi) is 4.74. The molecule has 4 rings (SSSR count). The number of rotatable bonds is 6. The molecular weight excluding hydrogens is 374 g/mol. The molecule has 0 saturated heterocycles. The number of aromatic nitrogens is 1. The first-order valence-electron chi connectivity index (χ1n) is 8.87. The van der Waals surface area contributed by atoms with E-state index in [1.54, 1.807) is 24.3 Å². The predicted molar refractivity (Wildman–Crippen MR) is 106 cm³/mol. The molecule has 0 saturated carbocycles. The van der Waals surface area contributed by atoms with Gasteiger partial charge in [0.25, 0.3) is 17.4 Å². The number of fused-ring (bicyclic) bond motifs is 1. The van der Waals surface area contributed by atoms with Gasteiger partial charge in [0.1, 0.15) is 30.5 Å². The molecule has 0 fully saturated rings. The van der Waals surface area contributed by atoms with Crippen molar-refractivity contribution in [3.63, 3.8) is 0 Å². The summed E-state index contributed by atoms with van der Waals surface area (Å²) in [6.45, 7) is 0.726. The van der Waals surface area contributed by atoms with Crippen LogP contribution in [0.4, 0.5) is 5.82 Å². The SMILES string of the molecule is Nc1c2c(cc(=O)n1-c1ccc(OCCOc3ccccc3)cc1)C(=O)NC2=O. The van der Waals surface area contributed by atoms with Crippen LogP contribution in [0.5, 0.6) is 11.5 Å². The van der Waals surface area contributed by atoms with Crippen LogP contribution >= 0.6 is 0 Å². The Morgan fingerprint density at radius 2 is 1.45 bits per heavy atom. The van der Waals surface area contributed by atoms with Crippen molar-refractivity contribution in [2.24, 2.45) is 0 Å². The lowest BCUT2D eigenvalue weighted by Crippen LogP contribution is -2.24. The molecule has 2 heterocycles. The molecule has 3 N–H and O–H groups in total. The van der Waals surface area contributed by atoms with Crippen molar-refractivity contribution in [2.45, 2.75) is 0 Å². The largest absolute Gasteiger partial charge is 0.490 e. The maximum atomic E-state index is 12.4. The van der Waals surface area contributed by atoms with Crippen molar-refractivity contribution >= 4 is 17.6 Å². The van der Waals surface area contributed by atoms with Gasteiger partial charge in [-0.15, -0.1) is 0 Å². The van der Waals surface area contributed by atoms with E-state index >= 15 is 0 Å². The number of hydrogen-bond donors (Lipinski definition) is 2. The predicted octanol–water partition coefficient (Wildman–Crippen LogP) is 1.76. The summed E-state index contributed by atoms with van der Waals surface area (Å²) in [6, 6.07) is 17.2. The first-order valence-corrected chi connectivity index (χ1v) is 8.87. The van der Waals surface area contributed by atoms with Gasteiger partial charge in [0, 0.05) is 6.07 Å². The molecule has 146 valence electrons. The molecule has 0 atom stereocenters. The van der Waals surface area contributed by atoms with E-state index in [9.17, 15) is 14.4 Å². The van der Waals surface area contributed by atoms with Gasteiger partial charge < -0.3 is 15.2 Å². The summed E-state index contributed by atoms with van der Waals surface area (Å²) in [5.74, 6) is 0.0318. The third-order valence-corrected chi connectivity index (χ3v) is 4.41. The van der Waals surface area contributed by atoms with Crippen molar-refractivity contribution < 1.29 is 19.1 Å². The number of imide groups is 1. The number of nitrogens with one attached hydrogen (secondary N) is 1. The first kappa shape index (κ1) is 18.3. The molecule has 2 aromatic carbocycles. The standard InChI is InChI=1S/C21H17N3O5/c22-19-18-16(20(26)23-21(18)27)12-17(25)24(19)13-6-8-15(9-7-13)29-11-10-28-14-4-2-1-3-5-14/h1-9,12H,10-11,22H2,(H,23,26,27). The third kappa shape index (κ3) is 3.55. The molecule has 0 aliphatic carbocycles. The van der Waals surface area contributed by atoms with Crippen molar-refractivity contribution in [1.82, 2.24) is 9.88 Å². The molecule has 2 amide bonds. The van der Waals surface area contributed by atoms with E-state index in [1.807, 2.05) is 30.3 Å². The normalized spacial score (nSPS) is 12.4. The lowest BCUT2D eigenvalue weighted by Gasteiger charge is -2.13. The van der Waals surface area contributed by atoms with Gasteiger partial charge >= 0.3 is 0 Å². The molecule has 3 aromatic rings. The zero-order valence-electron chi connectivity index (χ0n) is 15.3. The van der Waals surface area contributed by atoms with Crippen molar-refractivity contribution in [1.29, 1.82) is 0 Å². The number of anilines is 1.